The lowest BCUT2D eigenvalue weighted by molar-refractivity contribution is -0.130. The Bertz CT molecular complexity index is 670. The zero-order valence-corrected chi connectivity index (χ0v) is 13.3. The number of hydrogen-bond acceptors (Lipinski definition) is 3. The van der Waals surface area contributed by atoms with E-state index in [2.05, 4.69) is 29.1 Å². The molecule has 0 radical (unpaired) electrons. The number of likely N-dealkylation sites (N-methyl/N-ethyl adjacent to an activating group) is 1. The van der Waals surface area contributed by atoms with E-state index in [0.29, 0.717) is 0 Å². The van der Waals surface area contributed by atoms with Crippen molar-refractivity contribution in [1.29, 1.82) is 0 Å². The van der Waals surface area contributed by atoms with Gasteiger partial charge in [-0.2, -0.15) is 0 Å². The van der Waals surface area contributed by atoms with Gasteiger partial charge >= 0.3 is 0 Å². The SMILES string of the molecule is CN1CCN(C(=O)/C=C/c2cccnc2)C(c2ccccc2)C1. The molecule has 3 rings (SSSR count). The number of hydrogen-bond donors (Lipinski definition) is 0. The lowest BCUT2D eigenvalue weighted by atomic mass is 10.0. The Morgan fingerprint density at radius 1 is 1.17 bits per heavy atom. The smallest absolute Gasteiger partial charge is 0.247 e. The fourth-order valence-corrected chi connectivity index (χ4v) is 2.88. The Morgan fingerprint density at radius 3 is 2.74 bits per heavy atom. The molecule has 0 bridgehead atoms. The third kappa shape index (κ3) is 3.85. The molecule has 1 aromatic carbocycles. The van der Waals surface area contributed by atoms with Gasteiger partial charge in [0.25, 0.3) is 0 Å². The summed E-state index contributed by atoms with van der Waals surface area (Å²) in [6.07, 6.45) is 6.96. The molecule has 1 aromatic heterocycles. The monoisotopic (exact) mass is 307 g/mol. The zero-order valence-electron chi connectivity index (χ0n) is 13.3. The van der Waals surface area contributed by atoms with E-state index in [9.17, 15) is 4.79 Å². The third-order valence-corrected chi connectivity index (χ3v) is 4.15. The molecule has 0 saturated carbocycles. The molecule has 23 heavy (non-hydrogen) atoms. The summed E-state index contributed by atoms with van der Waals surface area (Å²) >= 11 is 0. The van der Waals surface area contributed by atoms with Gasteiger partial charge in [-0.05, 0) is 30.3 Å². The third-order valence-electron chi connectivity index (χ3n) is 4.15. The van der Waals surface area contributed by atoms with Gasteiger partial charge in [0.15, 0.2) is 0 Å². The van der Waals surface area contributed by atoms with Crippen molar-refractivity contribution < 1.29 is 4.79 Å². The van der Waals surface area contributed by atoms with Crippen molar-refractivity contribution in [2.24, 2.45) is 0 Å². The number of carbonyl (C=O) groups excluding carboxylic acids is 1. The molecule has 1 saturated heterocycles. The Labute approximate surface area is 137 Å². The van der Waals surface area contributed by atoms with E-state index in [0.717, 1.165) is 25.2 Å². The Balaban J connectivity index is 1.78. The molecule has 1 amide bonds. The minimum absolute atomic E-state index is 0.0517. The van der Waals surface area contributed by atoms with Gasteiger partial charge in [0.1, 0.15) is 0 Å². The maximum absolute atomic E-state index is 12.7. The summed E-state index contributed by atoms with van der Waals surface area (Å²) in [5.74, 6) is 0.0517. The van der Waals surface area contributed by atoms with Crippen LogP contribution in [-0.4, -0.2) is 47.4 Å². The average molecular weight is 307 g/mol. The molecule has 0 aliphatic carbocycles. The van der Waals surface area contributed by atoms with Gasteiger partial charge in [-0.3, -0.25) is 9.78 Å². The van der Waals surface area contributed by atoms with Crippen LogP contribution in [0.1, 0.15) is 17.2 Å². The van der Waals surface area contributed by atoms with Crippen LogP contribution in [0, 0.1) is 0 Å². The lowest BCUT2D eigenvalue weighted by Gasteiger charge is -2.39. The van der Waals surface area contributed by atoms with Crippen LogP contribution in [0.2, 0.25) is 0 Å². The number of amides is 1. The largest absolute Gasteiger partial charge is 0.330 e. The van der Waals surface area contributed by atoms with Gasteiger partial charge < -0.3 is 9.80 Å². The topological polar surface area (TPSA) is 36.4 Å². The van der Waals surface area contributed by atoms with Crippen molar-refractivity contribution in [3.8, 4) is 0 Å². The molecule has 1 unspecified atom stereocenters. The van der Waals surface area contributed by atoms with Gasteiger partial charge in [-0.25, -0.2) is 0 Å². The second-order valence-electron chi connectivity index (χ2n) is 5.84. The number of carbonyl (C=O) groups is 1. The van der Waals surface area contributed by atoms with Crippen LogP contribution in [-0.2, 0) is 4.79 Å². The van der Waals surface area contributed by atoms with E-state index in [1.807, 2.05) is 41.3 Å². The summed E-state index contributed by atoms with van der Waals surface area (Å²) in [5, 5.41) is 0. The van der Waals surface area contributed by atoms with E-state index in [4.69, 9.17) is 0 Å². The van der Waals surface area contributed by atoms with Crippen LogP contribution in [0.25, 0.3) is 6.08 Å². The van der Waals surface area contributed by atoms with Gasteiger partial charge in [0, 0.05) is 38.1 Å². The fraction of sp³-hybridized carbons (Fsp3) is 0.263. The number of pyridine rings is 1. The van der Waals surface area contributed by atoms with Gasteiger partial charge in [-0.1, -0.05) is 36.4 Å². The molecule has 4 heteroatoms. The highest BCUT2D eigenvalue weighted by Crippen LogP contribution is 2.25. The maximum atomic E-state index is 12.7. The van der Waals surface area contributed by atoms with E-state index < -0.39 is 0 Å². The zero-order chi connectivity index (χ0) is 16.1. The summed E-state index contributed by atoms with van der Waals surface area (Å²) in [6, 6.07) is 14.1. The summed E-state index contributed by atoms with van der Waals surface area (Å²) in [7, 11) is 2.10. The molecule has 1 fully saturated rings. The molecular formula is C19H21N3O. The van der Waals surface area contributed by atoms with Crippen molar-refractivity contribution in [1.82, 2.24) is 14.8 Å². The van der Waals surface area contributed by atoms with E-state index >= 15 is 0 Å². The Kier molecular flexibility index (Phi) is 4.83. The predicted molar refractivity (Wildman–Crippen MR) is 91.7 cm³/mol. The Morgan fingerprint density at radius 2 is 2.00 bits per heavy atom. The van der Waals surface area contributed by atoms with Crippen LogP contribution >= 0.6 is 0 Å². The fourth-order valence-electron chi connectivity index (χ4n) is 2.88. The summed E-state index contributed by atoms with van der Waals surface area (Å²) in [5.41, 5.74) is 2.12. The number of piperazine rings is 1. The van der Waals surface area contributed by atoms with Crippen molar-refractivity contribution in [3.05, 3.63) is 72.1 Å². The molecule has 0 spiro atoms. The number of nitrogens with zero attached hydrogens (tertiary/aromatic N) is 3. The molecule has 118 valence electrons. The lowest BCUT2D eigenvalue weighted by Crippen LogP contribution is -2.48. The van der Waals surface area contributed by atoms with Crippen molar-refractivity contribution in [2.45, 2.75) is 6.04 Å². The first-order valence-electron chi connectivity index (χ1n) is 7.86. The first-order valence-corrected chi connectivity index (χ1v) is 7.86. The summed E-state index contributed by atoms with van der Waals surface area (Å²) < 4.78 is 0. The average Bonchev–Trinajstić information content (AvgIpc) is 2.61. The molecule has 1 aliphatic heterocycles. The van der Waals surface area contributed by atoms with Crippen LogP contribution < -0.4 is 0 Å². The quantitative estimate of drug-likeness (QED) is 0.818. The van der Waals surface area contributed by atoms with Crippen molar-refractivity contribution >= 4 is 12.0 Å². The maximum Gasteiger partial charge on any atom is 0.247 e. The summed E-state index contributed by atoms with van der Waals surface area (Å²) in [4.78, 5) is 21.0. The van der Waals surface area contributed by atoms with Crippen LogP contribution in [0.4, 0.5) is 0 Å². The minimum Gasteiger partial charge on any atom is -0.330 e. The first-order chi connectivity index (χ1) is 11.2. The number of aromatic nitrogens is 1. The molecule has 1 atom stereocenters. The molecular weight excluding hydrogens is 286 g/mol. The highest BCUT2D eigenvalue weighted by molar-refractivity contribution is 5.92. The van der Waals surface area contributed by atoms with E-state index in [-0.39, 0.29) is 11.9 Å². The molecule has 2 aromatic rings. The molecule has 0 N–H and O–H groups in total. The normalized spacial score (nSPS) is 19.2. The highest BCUT2D eigenvalue weighted by atomic mass is 16.2. The van der Waals surface area contributed by atoms with Crippen LogP contribution in [0.5, 0.6) is 0 Å². The van der Waals surface area contributed by atoms with Crippen LogP contribution in [0.3, 0.4) is 0 Å². The van der Waals surface area contributed by atoms with E-state index in [1.165, 1.54) is 5.56 Å². The van der Waals surface area contributed by atoms with Gasteiger partial charge in [-0.15, -0.1) is 0 Å². The first kappa shape index (κ1) is 15.4. The summed E-state index contributed by atoms with van der Waals surface area (Å²) in [6.45, 7) is 2.50. The highest BCUT2D eigenvalue weighted by Gasteiger charge is 2.28. The van der Waals surface area contributed by atoms with Crippen molar-refractivity contribution in [2.75, 3.05) is 26.7 Å². The minimum atomic E-state index is 0.0517. The molecule has 4 nitrogen and oxygen atoms in total. The molecule has 2 heterocycles. The number of rotatable bonds is 3. The molecule has 1 aliphatic rings. The van der Waals surface area contributed by atoms with Gasteiger partial charge in [0.05, 0.1) is 6.04 Å². The second-order valence-corrected chi connectivity index (χ2v) is 5.84. The Hall–Kier alpha value is -2.46. The van der Waals surface area contributed by atoms with Crippen LogP contribution in [0.15, 0.2) is 60.9 Å². The standard InChI is InChI=1S/C19H21N3O/c1-21-12-13-22(18(15-21)17-7-3-2-4-8-17)19(23)10-9-16-6-5-11-20-14-16/h2-11,14,18H,12-13,15H2,1H3/b10-9+. The van der Waals surface area contributed by atoms with Gasteiger partial charge in [0.2, 0.25) is 5.91 Å². The number of benzene rings is 1. The van der Waals surface area contributed by atoms with E-state index in [1.54, 1.807) is 18.5 Å². The van der Waals surface area contributed by atoms with Crippen molar-refractivity contribution in [3.63, 3.8) is 0 Å². The predicted octanol–water partition coefficient (Wildman–Crippen LogP) is 2.61. The second kappa shape index (κ2) is 7.20.